The average Bonchev–Trinajstić information content (AvgIpc) is 3.28. The molecule has 1 saturated heterocycles. The van der Waals surface area contributed by atoms with E-state index in [0.29, 0.717) is 22.4 Å². The van der Waals surface area contributed by atoms with Crippen LogP contribution in [-0.4, -0.2) is 51.6 Å². The Labute approximate surface area is 176 Å². The number of thiazole rings is 1. The second kappa shape index (κ2) is 8.72. The highest BCUT2D eigenvalue weighted by atomic mass is 32.1. The number of aromatic nitrogens is 3. The highest BCUT2D eigenvalue weighted by Crippen LogP contribution is 2.20. The lowest BCUT2D eigenvalue weighted by Gasteiger charge is -2.31. The zero-order valence-electron chi connectivity index (χ0n) is 16.5. The van der Waals surface area contributed by atoms with Gasteiger partial charge in [-0.05, 0) is 25.5 Å². The maximum absolute atomic E-state index is 12.9. The maximum atomic E-state index is 12.9. The summed E-state index contributed by atoms with van der Waals surface area (Å²) in [4.78, 5) is 44.0. The number of piperidine rings is 1. The van der Waals surface area contributed by atoms with Crippen molar-refractivity contribution < 1.29 is 9.59 Å². The Morgan fingerprint density at radius 2 is 2.07 bits per heavy atom. The first-order valence-electron chi connectivity index (χ1n) is 9.71. The summed E-state index contributed by atoms with van der Waals surface area (Å²) in [5.41, 5.74) is -0.0459. The third kappa shape index (κ3) is 4.10. The molecule has 3 aromatic rings. The van der Waals surface area contributed by atoms with Gasteiger partial charge in [0, 0.05) is 30.6 Å². The van der Waals surface area contributed by atoms with Crippen LogP contribution in [0.1, 0.15) is 23.3 Å². The zero-order valence-corrected chi connectivity index (χ0v) is 17.3. The standard InChI is InChI=1S/C20H22N6O3S/c1-21-18(28)16-14-6-2-3-7-15(14)19(29)26(24-16)12-25-9-4-5-13(11-25)17(27)23-20-22-8-10-30-20/h2-3,6-8,10,13H,4-5,9,11-12H2,1H3,(H,21,28)(H,22,23,27). The normalized spacial score (nSPS) is 17.0. The van der Waals surface area contributed by atoms with Crippen LogP contribution in [0.2, 0.25) is 0 Å². The summed E-state index contributed by atoms with van der Waals surface area (Å²) in [7, 11) is 1.53. The minimum absolute atomic E-state index is 0.0699. The van der Waals surface area contributed by atoms with Gasteiger partial charge in [-0.15, -0.1) is 11.3 Å². The highest BCUT2D eigenvalue weighted by Gasteiger charge is 2.27. The van der Waals surface area contributed by atoms with Gasteiger partial charge in [0.15, 0.2) is 10.8 Å². The van der Waals surface area contributed by atoms with Gasteiger partial charge in [0.05, 0.1) is 18.0 Å². The number of benzene rings is 1. The van der Waals surface area contributed by atoms with E-state index in [1.165, 1.54) is 23.1 Å². The van der Waals surface area contributed by atoms with E-state index >= 15 is 0 Å². The Balaban J connectivity index is 1.56. The summed E-state index contributed by atoms with van der Waals surface area (Å²) < 4.78 is 1.31. The monoisotopic (exact) mass is 426 g/mol. The summed E-state index contributed by atoms with van der Waals surface area (Å²) in [5, 5.41) is 13.1. The molecule has 0 saturated carbocycles. The molecule has 1 atom stereocenters. The second-order valence-electron chi connectivity index (χ2n) is 7.16. The first kappa shape index (κ1) is 20.2. The van der Waals surface area contributed by atoms with Crippen LogP contribution in [0, 0.1) is 5.92 Å². The molecule has 0 bridgehead atoms. The Morgan fingerprint density at radius 1 is 1.27 bits per heavy atom. The molecule has 1 unspecified atom stereocenters. The van der Waals surface area contributed by atoms with Gasteiger partial charge < -0.3 is 10.6 Å². The molecule has 2 aromatic heterocycles. The van der Waals surface area contributed by atoms with Gasteiger partial charge in [-0.2, -0.15) is 5.10 Å². The van der Waals surface area contributed by atoms with Crippen molar-refractivity contribution in [3.63, 3.8) is 0 Å². The van der Waals surface area contributed by atoms with E-state index in [1.807, 2.05) is 10.3 Å². The number of carbonyl (C=O) groups is 2. The number of fused-ring (bicyclic) bond motifs is 1. The molecular formula is C20H22N6O3S. The zero-order chi connectivity index (χ0) is 21.1. The van der Waals surface area contributed by atoms with Crippen LogP contribution in [0.5, 0.6) is 0 Å². The van der Waals surface area contributed by atoms with Crippen LogP contribution >= 0.6 is 11.3 Å². The predicted molar refractivity (Wildman–Crippen MR) is 114 cm³/mol. The first-order chi connectivity index (χ1) is 14.6. The molecule has 30 heavy (non-hydrogen) atoms. The lowest BCUT2D eigenvalue weighted by atomic mass is 9.97. The van der Waals surface area contributed by atoms with Gasteiger partial charge in [-0.3, -0.25) is 19.3 Å². The SMILES string of the molecule is CNC(=O)c1nn(CN2CCCC(C(=O)Nc3nccs3)C2)c(=O)c2ccccc12. The van der Waals surface area contributed by atoms with Gasteiger partial charge in [0.2, 0.25) is 5.91 Å². The van der Waals surface area contributed by atoms with E-state index in [9.17, 15) is 14.4 Å². The fourth-order valence-electron chi connectivity index (χ4n) is 3.70. The van der Waals surface area contributed by atoms with Crippen LogP contribution in [-0.2, 0) is 11.5 Å². The molecule has 2 amide bonds. The molecule has 10 heteroatoms. The lowest BCUT2D eigenvalue weighted by molar-refractivity contribution is -0.121. The number of likely N-dealkylation sites (tertiary alicyclic amines) is 1. The minimum Gasteiger partial charge on any atom is -0.354 e. The molecule has 1 aliphatic heterocycles. The number of amides is 2. The molecule has 0 aliphatic carbocycles. The quantitative estimate of drug-likeness (QED) is 0.640. The number of anilines is 1. The van der Waals surface area contributed by atoms with E-state index in [2.05, 4.69) is 20.7 Å². The number of carbonyl (C=O) groups excluding carboxylic acids is 2. The van der Waals surface area contributed by atoms with Gasteiger partial charge in [0.1, 0.15) is 0 Å². The fraction of sp³-hybridized carbons (Fsp3) is 0.350. The maximum Gasteiger partial charge on any atom is 0.275 e. The Kier molecular flexibility index (Phi) is 5.86. The summed E-state index contributed by atoms with van der Waals surface area (Å²) in [6, 6.07) is 6.96. The predicted octanol–water partition coefficient (Wildman–Crippen LogP) is 1.52. The van der Waals surface area contributed by atoms with E-state index in [1.54, 1.807) is 30.5 Å². The molecule has 1 aromatic carbocycles. The molecule has 0 radical (unpaired) electrons. The number of nitrogens with one attached hydrogen (secondary N) is 2. The molecule has 0 spiro atoms. The highest BCUT2D eigenvalue weighted by molar-refractivity contribution is 7.13. The van der Waals surface area contributed by atoms with Crippen LogP contribution < -0.4 is 16.2 Å². The van der Waals surface area contributed by atoms with Crippen LogP contribution in [0.3, 0.4) is 0 Å². The summed E-state index contributed by atoms with van der Waals surface area (Å²) in [5.74, 6) is -0.615. The van der Waals surface area contributed by atoms with Crippen molar-refractivity contribution in [2.24, 2.45) is 5.92 Å². The minimum atomic E-state index is -0.348. The molecule has 4 rings (SSSR count). The largest absolute Gasteiger partial charge is 0.354 e. The molecular weight excluding hydrogens is 404 g/mol. The van der Waals surface area contributed by atoms with Crippen LogP contribution in [0.4, 0.5) is 5.13 Å². The third-order valence-corrected chi connectivity index (χ3v) is 5.87. The molecule has 156 valence electrons. The molecule has 1 fully saturated rings. The Hall–Kier alpha value is -3.11. The number of nitrogens with zero attached hydrogens (tertiary/aromatic N) is 4. The molecule has 9 nitrogen and oxygen atoms in total. The Bertz CT molecular complexity index is 1130. The third-order valence-electron chi connectivity index (χ3n) is 5.18. The van der Waals surface area contributed by atoms with Crippen molar-refractivity contribution in [2.45, 2.75) is 19.5 Å². The van der Waals surface area contributed by atoms with Gasteiger partial charge in [-0.25, -0.2) is 9.67 Å². The summed E-state index contributed by atoms with van der Waals surface area (Å²) >= 11 is 1.38. The van der Waals surface area contributed by atoms with Crippen molar-refractivity contribution in [3.8, 4) is 0 Å². The van der Waals surface area contributed by atoms with Gasteiger partial charge in [-0.1, -0.05) is 18.2 Å². The molecule has 1 aliphatic rings. The van der Waals surface area contributed by atoms with E-state index in [0.717, 1.165) is 19.4 Å². The van der Waals surface area contributed by atoms with Crippen molar-refractivity contribution in [1.82, 2.24) is 25.0 Å². The van der Waals surface area contributed by atoms with Crippen LogP contribution in [0.25, 0.3) is 10.8 Å². The smallest absolute Gasteiger partial charge is 0.275 e. The summed E-state index contributed by atoms with van der Waals surface area (Å²) in [6.45, 7) is 1.47. The van der Waals surface area contributed by atoms with Gasteiger partial charge >= 0.3 is 0 Å². The molecule has 2 N–H and O–H groups in total. The van der Waals surface area contributed by atoms with E-state index < -0.39 is 0 Å². The number of hydrogen-bond donors (Lipinski definition) is 2. The summed E-state index contributed by atoms with van der Waals surface area (Å²) in [6.07, 6.45) is 3.26. The number of rotatable bonds is 5. The average molecular weight is 427 g/mol. The van der Waals surface area contributed by atoms with E-state index in [4.69, 9.17) is 0 Å². The fourth-order valence-corrected chi connectivity index (χ4v) is 4.23. The van der Waals surface area contributed by atoms with Crippen molar-refractivity contribution in [1.29, 1.82) is 0 Å². The lowest BCUT2D eigenvalue weighted by Crippen LogP contribution is -2.44. The molecule has 3 heterocycles. The topological polar surface area (TPSA) is 109 Å². The van der Waals surface area contributed by atoms with Crippen molar-refractivity contribution in [3.05, 3.63) is 51.9 Å². The first-order valence-corrected chi connectivity index (χ1v) is 10.6. The van der Waals surface area contributed by atoms with Crippen molar-refractivity contribution >= 4 is 39.1 Å². The van der Waals surface area contributed by atoms with E-state index in [-0.39, 0.29) is 35.7 Å². The number of hydrogen-bond acceptors (Lipinski definition) is 7. The van der Waals surface area contributed by atoms with Gasteiger partial charge in [0.25, 0.3) is 11.5 Å². The van der Waals surface area contributed by atoms with Crippen LogP contribution in [0.15, 0.2) is 40.6 Å². The van der Waals surface area contributed by atoms with Crippen molar-refractivity contribution in [2.75, 3.05) is 25.5 Å². The Morgan fingerprint density at radius 3 is 2.80 bits per heavy atom. The second-order valence-corrected chi connectivity index (χ2v) is 8.06.